The molecule has 148 valence electrons. The van der Waals surface area contributed by atoms with Gasteiger partial charge in [0.15, 0.2) is 0 Å². The van der Waals surface area contributed by atoms with Gasteiger partial charge in [-0.05, 0) is 46.7 Å². The second kappa shape index (κ2) is 11.0. The molecule has 1 fully saturated rings. The zero-order valence-corrected chi connectivity index (χ0v) is 16.7. The lowest BCUT2D eigenvalue weighted by Crippen LogP contribution is -2.54. The maximum Gasteiger partial charge on any atom is 0.333 e. The SMILES string of the molecule is CCOC(=O)/C(C)=C/CN(C)C(=O)C(CC)NC(=O)C1CCCCN1C. The first-order valence-corrected chi connectivity index (χ1v) is 9.41. The summed E-state index contributed by atoms with van der Waals surface area (Å²) in [5.74, 6) is -0.625. The Hall–Kier alpha value is -1.89. The third-order valence-corrected chi connectivity index (χ3v) is 4.74. The Kier molecular flexibility index (Phi) is 9.34. The molecule has 1 rings (SSSR count). The molecule has 0 saturated carbocycles. The Morgan fingerprint density at radius 2 is 2.00 bits per heavy atom. The molecule has 1 saturated heterocycles. The average molecular weight is 367 g/mol. The largest absolute Gasteiger partial charge is 0.463 e. The van der Waals surface area contributed by atoms with E-state index >= 15 is 0 Å². The number of hydrogen-bond donors (Lipinski definition) is 1. The van der Waals surface area contributed by atoms with Gasteiger partial charge in [-0.2, -0.15) is 0 Å². The molecule has 7 heteroatoms. The molecule has 1 N–H and O–H groups in total. The monoisotopic (exact) mass is 367 g/mol. The summed E-state index contributed by atoms with van der Waals surface area (Å²) in [6.07, 6.45) is 5.14. The molecular weight excluding hydrogens is 334 g/mol. The van der Waals surface area contributed by atoms with E-state index < -0.39 is 6.04 Å². The molecule has 26 heavy (non-hydrogen) atoms. The number of rotatable bonds is 8. The number of amides is 2. The molecule has 0 spiro atoms. The van der Waals surface area contributed by atoms with Crippen LogP contribution < -0.4 is 5.32 Å². The van der Waals surface area contributed by atoms with Crippen LogP contribution in [0.25, 0.3) is 0 Å². The van der Waals surface area contributed by atoms with Crippen LogP contribution in [0.1, 0.15) is 46.5 Å². The van der Waals surface area contributed by atoms with Crippen molar-refractivity contribution >= 4 is 17.8 Å². The Morgan fingerprint density at radius 1 is 1.31 bits per heavy atom. The van der Waals surface area contributed by atoms with E-state index in [2.05, 4.69) is 5.32 Å². The summed E-state index contributed by atoms with van der Waals surface area (Å²) in [5, 5.41) is 2.89. The number of nitrogens with zero attached hydrogens (tertiary/aromatic N) is 2. The number of nitrogens with one attached hydrogen (secondary N) is 1. The molecule has 0 radical (unpaired) electrons. The smallest absolute Gasteiger partial charge is 0.333 e. The van der Waals surface area contributed by atoms with Crippen molar-refractivity contribution < 1.29 is 19.1 Å². The van der Waals surface area contributed by atoms with Gasteiger partial charge in [-0.25, -0.2) is 4.79 Å². The highest BCUT2D eigenvalue weighted by Gasteiger charge is 2.29. The second-order valence-electron chi connectivity index (χ2n) is 6.79. The summed E-state index contributed by atoms with van der Waals surface area (Å²) in [6, 6.07) is -0.721. The summed E-state index contributed by atoms with van der Waals surface area (Å²) in [6.45, 7) is 6.80. The van der Waals surface area contributed by atoms with E-state index in [9.17, 15) is 14.4 Å². The highest BCUT2D eigenvalue weighted by molar-refractivity contribution is 5.90. The second-order valence-corrected chi connectivity index (χ2v) is 6.79. The van der Waals surface area contributed by atoms with Crippen molar-refractivity contribution in [1.82, 2.24) is 15.1 Å². The maximum absolute atomic E-state index is 12.6. The quantitative estimate of drug-likeness (QED) is 0.517. The minimum atomic E-state index is -0.556. The summed E-state index contributed by atoms with van der Waals surface area (Å²) < 4.78 is 4.92. The van der Waals surface area contributed by atoms with Crippen LogP contribution >= 0.6 is 0 Å². The molecule has 0 aromatic heterocycles. The van der Waals surface area contributed by atoms with Crippen LogP contribution in [0.15, 0.2) is 11.6 Å². The lowest BCUT2D eigenvalue weighted by Gasteiger charge is -2.32. The highest BCUT2D eigenvalue weighted by atomic mass is 16.5. The van der Waals surface area contributed by atoms with E-state index in [0.29, 0.717) is 25.1 Å². The lowest BCUT2D eigenvalue weighted by molar-refractivity contribution is -0.138. The van der Waals surface area contributed by atoms with Crippen molar-refractivity contribution in [3.63, 3.8) is 0 Å². The predicted octanol–water partition coefficient (Wildman–Crippen LogP) is 1.33. The third-order valence-electron chi connectivity index (χ3n) is 4.74. The van der Waals surface area contributed by atoms with E-state index in [0.717, 1.165) is 25.8 Å². The highest BCUT2D eigenvalue weighted by Crippen LogP contribution is 2.15. The van der Waals surface area contributed by atoms with Gasteiger partial charge in [-0.15, -0.1) is 0 Å². The maximum atomic E-state index is 12.6. The van der Waals surface area contributed by atoms with Crippen molar-refractivity contribution in [2.24, 2.45) is 0 Å². The molecule has 7 nitrogen and oxygen atoms in total. The van der Waals surface area contributed by atoms with Crippen LogP contribution in [0.2, 0.25) is 0 Å². The Labute approximate surface area is 156 Å². The Morgan fingerprint density at radius 3 is 2.58 bits per heavy atom. The predicted molar refractivity (Wildman–Crippen MR) is 101 cm³/mol. The topological polar surface area (TPSA) is 79.0 Å². The van der Waals surface area contributed by atoms with Crippen LogP contribution in [0, 0.1) is 0 Å². The fraction of sp³-hybridized carbons (Fsp3) is 0.737. The summed E-state index contributed by atoms with van der Waals surface area (Å²) in [4.78, 5) is 40.3. The van der Waals surface area contributed by atoms with Gasteiger partial charge in [0.1, 0.15) is 6.04 Å². The molecule has 1 aliphatic heterocycles. The fourth-order valence-electron chi connectivity index (χ4n) is 2.97. The van der Waals surface area contributed by atoms with Crippen molar-refractivity contribution in [3.8, 4) is 0 Å². The van der Waals surface area contributed by atoms with Crippen LogP contribution in [0.3, 0.4) is 0 Å². The van der Waals surface area contributed by atoms with Crippen LogP contribution in [-0.2, 0) is 19.1 Å². The van der Waals surface area contributed by atoms with Gasteiger partial charge in [0.2, 0.25) is 11.8 Å². The minimum Gasteiger partial charge on any atom is -0.463 e. The first kappa shape index (κ1) is 22.2. The first-order valence-electron chi connectivity index (χ1n) is 9.41. The molecule has 0 aliphatic carbocycles. The number of hydrogen-bond acceptors (Lipinski definition) is 5. The summed E-state index contributed by atoms with van der Waals surface area (Å²) in [5.41, 5.74) is 0.465. The number of carbonyl (C=O) groups is 3. The standard InChI is InChI=1S/C19H33N3O4/c1-6-15(20-17(23)16-10-8-9-12-21(16)4)18(24)22(5)13-11-14(3)19(25)26-7-2/h11,15-16H,6-10,12-13H2,1-5H3,(H,20,23)/b14-11+. The number of piperidine rings is 1. The normalized spacial score (nSPS) is 19.6. The minimum absolute atomic E-state index is 0.0842. The molecule has 2 amide bonds. The van der Waals surface area contributed by atoms with E-state index in [1.165, 1.54) is 4.90 Å². The van der Waals surface area contributed by atoms with Gasteiger partial charge in [0, 0.05) is 19.2 Å². The number of carbonyl (C=O) groups excluding carboxylic acids is 3. The molecule has 1 aliphatic rings. The number of ether oxygens (including phenoxy) is 1. The Balaban J connectivity index is 2.62. The summed E-state index contributed by atoms with van der Waals surface area (Å²) in [7, 11) is 3.61. The van der Waals surface area contributed by atoms with E-state index in [-0.39, 0.29) is 23.8 Å². The lowest BCUT2D eigenvalue weighted by atomic mass is 10.0. The molecule has 0 bridgehead atoms. The van der Waals surface area contributed by atoms with E-state index in [1.807, 2.05) is 18.9 Å². The number of likely N-dealkylation sites (N-methyl/N-ethyl adjacent to an activating group) is 2. The Bertz CT molecular complexity index is 533. The first-order chi connectivity index (χ1) is 12.3. The molecule has 0 aromatic rings. The molecular formula is C19H33N3O4. The van der Waals surface area contributed by atoms with Gasteiger partial charge in [0.05, 0.1) is 12.6 Å². The number of likely N-dealkylation sites (tertiary alicyclic amines) is 1. The van der Waals surface area contributed by atoms with Gasteiger partial charge in [-0.1, -0.05) is 19.4 Å². The third kappa shape index (κ3) is 6.44. The van der Waals surface area contributed by atoms with Gasteiger partial charge in [-0.3, -0.25) is 14.5 Å². The van der Waals surface area contributed by atoms with Gasteiger partial charge in [0.25, 0.3) is 0 Å². The van der Waals surface area contributed by atoms with E-state index in [1.54, 1.807) is 27.0 Å². The van der Waals surface area contributed by atoms with Crippen LogP contribution in [0.5, 0.6) is 0 Å². The van der Waals surface area contributed by atoms with E-state index in [4.69, 9.17) is 4.74 Å². The molecule has 2 unspecified atom stereocenters. The van der Waals surface area contributed by atoms with Crippen LogP contribution in [0.4, 0.5) is 0 Å². The fourth-order valence-corrected chi connectivity index (χ4v) is 2.97. The summed E-state index contributed by atoms with van der Waals surface area (Å²) >= 11 is 0. The zero-order chi connectivity index (χ0) is 19.7. The molecule has 2 atom stereocenters. The van der Waals surface area contributed by atoms with Crippen molar-refractivity contribution in [3.05, 3.63) is 11.6 Å². The van der Waals surface area contributed by atoms with Crippen molar-refractivity contribution in [2.75, 3.05) is 33.8 Å². The molecule has 0 aromatic carbocycles. The van der Waals surface area contributed by atoms with Gasteiger partial charge >= 0.3 is 5.97 Å². The number of esters is 1. The van der Waals surface area contributed by atoms with Crippen molar-refractivity contribution in [1.29, 1.82) is 0 Å². The van der Waals surface area contributed by atoms with Crippen LogP contribution in [-0.4, -0.2) is 73.5 Å². The van der Waals surface area contributed by atoms with Crippen molar-refractivity contribution in [2.45, 2.75) is 58.5 Å². The average Bonchev–Trinajstić information content (AvgIpc) is 2.63. The van der Waals surface area contributed by atoms with Gasteiger partial charge < -0.3 is 15.0 Å². The molecule has 1 heterocycles. The zero-order valence-electron chi connectivity index (χ0n) is 16.7.